The van der Waals surface area contributed by atoms with Crippen molar-refractivity contribution < 1.29 is 9.18 Å². The number of hydrogen-bond donors (Lipinski definition) is 2. The van der Waals surface area contributed by atoms with Crippen LogP contribution >= 0.6 is 0 Å². The molecule has 1 amide bonds. The van der Waals surface area contributed by atoms with E-state index in [0.717, 1.165) is 28.2 Å². The maximum absolute atomic E-state index is 13.5. The highest BCUT2D eigenvalue weighted by Gasteiger charge is 2.17. The molecule has 3 aromatic rings. The van der Waals surface area contributed by atoms with Crippen LogP contribution in [0.4, 0.5) is 4.39 Å². The van der Waals surface area contributed by atoms with Gasteiger partial charge in [-0.3, -0.25) is 9.89 Å². The van der Waals surface area contributed by atoms with Crippen LogP contribution in [-0.2, 0) is 11.2 Å². The van der Waals surface area contributed by atoms with E-state index in [1.165, 1.54) is 12.1 Å². The summed E-state index contributed by atoms with van der Waals surface area (Å²) in [7, 11) is 0. The van der Waals surface area contributed by atoms with E-state index in [0.29, 0.717) is 18.5 Å². The third kappa shape index (κ3) is 4.07. The van der Waals surface area contributed by atoms with Crippen molar-refractivity contribution in [3.8, 4) is 5.69 Å². The number of benzene rings is 1. The van der Waals surface area contributed by atoms with Crippen molar-refractivity contribution in [1.82, 2.24) is 25.3 Å². The normalized spacial score (nSPS) is 12.2. The Kier molecular flexibility index (Phi) is 5.39. The topological polar surface area (TPSA) is 75.6 Å². The van der Waals surface area contributed by atoms with E-state index in [1.54, 1.807) is 23.0 Å². The van der Waals surface area contributed by atoms with Crippen molar-refractivity contribution in [2.45, 2.75) is 46.6 Å². The molecule has 0 bridgehead atoms. The molecule has 1 atom stereocenters. The first kappa shape index (κ1) is 18.8. The third-order valence-corrected chi connectivity index (χ3v) is 4.83. The zero-order chi connectivity index (χ0) is 19.6. The Morgan fingerprint density at radius 1 is 1.33 bits per heavy atom. The van der Waals surface area contributed by atoms with Gasteiger partial charge in [-0.05, 0) is 57.9 Å². The number of nitrogens with one attached hydrogen (secondary N) is 2. The van der Waals surface area contributed by atoms with Crippen molar-refractivity contribution in [3.63, 3.8) is 0 Å². The van der Waals surface area contributed by atoms with Gasteiger partial charge in [0.05, 0.1) is 23.6 Å². The van der Waals surface area contributed by atoms with Crippen molar-refractivity contribution in [1.29, 1.82) is 0 Å². The molecule has 0 aliphatic rings. The number of carbonyl (C=O) groups excluding carboxylic acids is 1. The molecule has 0 saturated heterocycles. The zero-order valence-electron chi connectivity index (χ0n) is 16.0. The first-order chi connectivity index (χ1) is 12.9. The molecular formula is C20H24FN5O. The molecule has 142 valence electrons. The number of aromatic nitrogens is 4. The van der Waals surface area contributed by atoms with Gasteiger partial charge in [0.25, 0.3) is 0 Å². The number of aromatic amines is 1. The summed E-state index contributed by atoms with van der Waals surface area (Å²) in [5.74, 6) is -0.337. The van der Waals surface area contributed by atoms with Crippen molar-refractivity contribution >= 4 is 5.91 Å². The number of hydrogen-bond acceptors (Lipinski definition) is 3. The number of amides is 1. The van der Waals surface area contributed by atoms with Crippen LogP contribution in [0, 0.1) is 26.6 Å². The van der Waals surface area contributed by atoms with E-state index in [4.69, 9.17) is 0 Å². The van der Waals surface area contributed by atoms with E-state index in [-0.39, 0.29) is 17.8 Å². The lowest BCUT2D eigenvalue weighted by atomic mass is 10.1. The quantitative estimate of drug-likeness (QED) is 0.699. The second-order valence-corrected chi connectivity index (χ2v) is 6.78. The van der Waals surface area contributed by atoms with E-state index >= 15 is 0 Å². The standard InChI is InChI=1S/C20H24FN5O/c1-12(23-20(27)9-8-18-13(2)24-25-14(18)3)19-11-22-26(15(19)4)17-7-5-6-16(21)10-17/h5-7,10-12H,8-9H2,1-4H3,(H,23,27)(H,24,25)/t12-/m1/s1. The second-order valence-electron chi connectivity index (χ2n) is 6.78. The Morgan fingerprint density at radius 3 is 2.78 bits per heavy atom. The minimum absolute atomic E-state index is 0.0274. The van der Waals surface area contributed by atoms with Crippen LogP contribution in [0.1, 0.15) is 47.6 Å². The molecule has 0 aliphatic carbocycles. The summed E-state index contributed by atoms with van der Waals surface area (Å²) in [6, 6.07) is 6.09. The fraction of sp³-hybridized carbons (Fsp3) is 0.350. The fourth-order valence-electron chi connectivity index (χ4n) is 3.29. The summed E-state index contributed by atoms with van der Waals surface area (Å²) in [5, 5.41) is 14.5. The van der Waals surface area contributed by atoms with Gasteiger partial charge in [0.1, 0.15) is 5.82 Å². The fourth-order valence-corrected chi connectivity index (χ4v) is 3.29. The summed E-state index contributed by atoms with van der Waals surface area (Å²) >= 11 is 0. The van der Waals surface area contributed by atoms with Crippen LogP contribution in [0.5, 0.6) is 0 Å². The molecule has 0 unspecified atom stereocenters. The van der Waals surface area contributed by atoms with Crippen molar-refractivity contribution in [3.05, 3.63) is 64.5 Å². The number of halogens is 1. The molecular weight excluding hydrogens is 345 g/mol. The molecule has 27 heavy (non-hydrogen) atoms. The van der Waals surface area contributed by atoms with Crippen molar-refractivity contribution in [2.24, 2.45) is 0 Å². The number of carbonyl (C=O) groups is 1. The second kappa shape index (κ2) is 7.73. The van der Waals surface area contributed by atoms with Gasteiger partial charge >= 0.3 is 0 Å². The molecule has 6 nitrogen and oxygen atoms in total. The third-order valence-electron chi connectivity index (χ3n) is 4.83. The Bertz CT molecular complexity index is 940. The summed E-state index contributed by atoms with van der Waals surface area (Å²) in [6.45, 7) is 7.73. The Hall–Kier alpha value is -2.96. The average Bonchev–Trinajstić information content (AvgIpc) is 3.16. The Labute approximate surface area is 157 Å². The van der Waals surface area contributed by atoms with Crippen LogP contribution in [0.15, 0.2) is 30.5 Å². The predicted octanol–water partition coefficient (Wildman–Crippen LogP) is 3.47. The molecule has 2 aromatic heterocycles. The SMILES string of the molecule is Cc1n[nH]c(C)c1CCC(=O)N[C@H](C)c1cnn(-c2cccc(F)c2)c1C. The molecule has 0 aliphatic heterocycles. The van der Waals surface area contributed by atoms with Gasteiger partial charge in [-0.15, -0.1) is 0 Å². The summed E-state index contributed by atoms with van der Waals surface area (Å²) < 4.78 is 15.2. The van der Waals surface area contributed by atoms with E-state index < -0.39 is 0 Å². The highest BCUT2D eigenvalue weighted by Crippen LogP contribution is 2.21. The van der Waals surface area contributed by atoms with E-state index in [2.05, 4.69) is 20.6 Å². The molecule has 0 saturated carbocycles. The number of aryl methyl sites for hydroxylation is 2. The lowest BCUT2D eigenvalue weighted by Crippen LogP contribution is -2.27. The number of rotatable bonds is 6. The smallest absolute Gasteiger partial charge is 0.220 e. The predicted molar refractivity (Wildman–Crippen MR) is 101 cm³/mol. The minimum atomic E-state index is -0.310. The van der Waals surface area contributed by atoms with Crippen LogP contribution in [0.3, 0.4) is 0 Å². The molecule has 7 heteroatoms. The van der Waals surface area contributed by atoms with Gasteiger partial charge in [-0.1, -0.05) is 6.07 Å². The molecule has 1 aromatic carbocycles. The van der Waals surface area contributed by atoms with Gasteiger partial charge in [0.15, 0.2) is 0 Å². The zero-order valence-corrected chi connectivity index (χ0v) is 16.0. The number of H-pyrrole nitrogens is 1. The Morgan fingerprint density at radius 2 is 2.11 bits per heavy atom. The average molecular weight is 369 g/mol. The van der Waals surface area contributed by atoms with E-state index in [9.17, 15) is 9.18 Å². The highest BCUT2D eigenvalue weighted by atomic mass is 19.1. The highest BCUT2D eigenvalue weighted by molar-refractivity contribution is 5.76. The Balaban J connectivity index is 1.66. The van der Waals surface area contributed by atoms with Crippen LogP contribution in [0.2, 0.25) is 0 Å². The van der Waals surface area contributed by atoms with Gasteiger partial charge in [-0.25, -0.2) is 9.07 Å². The first-order valence-electron chi connectivity index (χ1n) is 8.97. The van der Waals surface area contributed by atoms with Crippen LogP contribution < -0.4 is 5.32 Å². The molecule has 0 fully saturated rings. The van der Waals surface area contributed by atoms with E-state index in [1.807, 2.05) is 27.7 Å². The van der Waals surface area contributed by atoms with Gasteiger partial charge < -0.3 is 5.32 Å². The molecule has 0 spiro atoms. The van der Waals surface area contributed by atoms with Crippen LogP contribution in [0.25, 0.3) is 5.69 Å². The van der Waals surface area contributed by atoms with Crippen LogP contribution in [-0.4, -0.2) is 25.9 Å². The number of nitrogens with zero attached hydrogens (tertiary/aromatic N) is 3. The molecule has 3 rings (SSSR count). The van der Waals surface area contributed by atoms with Gasteiger partial charge in [0, 0.05) is 23.4 Å². The molecule has 0 radical (unpaired) electrons. The van der Waals surface area contributed by atoms with Crippen molar-refractivity contribution in [2.75, 3.05) is 0 Å². The van der Waals surface area contributed by atoms with Gasteiger partial charge in [-0.2, -0.15) is 10.2 Å². The van der Waals surface area contributed by atoms with Gasteiger partial charge in [0.2, 0.25) is 5.91 Å². The molecule has 2 N–H and O–H groups in total. The first-order valence-corrected chi connectivity index (χ1v) is 8.97. The minimum Gasteiger partial charge on any atom is -0.349 e. The maximum Gasteiger partial charge on any atom is 0.220 e. The molecule has 2 heterocycles. The largest absolute Gasteiger partial charge is 0.349 e. The summed E-state index contributed by atoms with van der Waals surface area (Å²) in [5.41, 5.74) is 5.45. The maximum atomic E-state index is 13.5. The lowest BCUT2D eigenvalue weighted by Gasteiger charge is -2.14. The monoisotopic (exact) mass is 369 g/mol. The summed E-state index contributed by atoms with van der Waals surface area (Å²) in [6.07, 6.45) is 2.76. The summed E-state index contributed by atoms with van der Waals surface area (Å²) in [4.78, 5) is 12.4. The lowest BCUT2D eigenvalue weighted by molar-refractivity contribution is -0.121.